The zero-order chi connectivity index (χ0) is 20.5. The maximum absolute atomic E-state index is 12.6. The number of para-hydroxylation sites is 2. The summed E-state index contributed by atoms with van der Waals surface area (Å²) < 4.78 is 2.30. The Bertz CT molecular complexity index is 1390. The van der Waals surface area contributed by atoms with E-state index >= 15 is 0 Å². The van der Waals surface area contributed by atoms with Crippen molar-refractivity contribution in [3.05, 3.63) is 73.1 Å². The van der Waals surface area contributed by atoms with Gasteiger partial charge in [-0.25, -0.2) is 9.97 Å². The fraction of sp³-hybridized carbons (Fsp3) is 0.125. The summed E-state index contributed by atoms with van der Waals surface area (Å²) >= 11 is 1.42. The van der Waals surface area contributed by atoms with E-state index in [1.165, 1.54) is 28.2 Å². The molecule has 0 aliphatic carbocycles. The standard InChI is InChI=1S/C24H20N4OS/c1-2-28-21-10-6-4-7-17(21)19-13-16(11-12-22(19)28)27-23(29)14-30-24-18-8-3-5-9-20(18)25-15-26-24/h3-13,15H,2,14H2,1H3,(H,27,29). The molecule has 5 rings (SSSR count). The molecule has 0 aliphatic heterocycles. The van der Waals surface area contributed by atoms with Gasteiger partial charge in [0, 0.05) is 39.4 Å². The lowest BCUT2D eigenvalue weighted by atomic mass is 10.1. The molecule has 0 aliphatic rings. The molecular formula is C24H20N4OS. The van der Waals surface area contributed by atoms with Crippen LogP contribution in [0.2, 0.25) is 0 Å². The molecule has 3 aromatic carbocycles. The third kappa shape index (κ3) is 3.29. The van der Waals surface area contributed by atoms with Crippen molar-refractivity contribution >= 4 is 56.1 Å². The van der Waals surface area contributed by atoms with E-state index in [0.717, 1.165) is 33.5 Å². The fourth-order valence-electron chi connectivity index (χ4n) is 3.90. The number of thioether (sulfide) groups is 1. The summed E-state index contributed by atoms with van der Waals surface area (Å²) in [5, 5.41) is 7.17. The van der Waals surface area contributed by atoms with Gasteiger partial charge in [-0.15, -0.1) is 0 Å². The first-order chi connectivity index (χ1) is 14.7. The smallest absolute Gasteiger partial charge is 0.234 e. The van der Waals surface area contributed by atoms with Crippen molar-refractivity contribution in [2.45, 2.75) is 18.5 Å². The van der Waals surface area contributed by atoms with Crippen LogP contribution in [0.15, 0.2) is 78.1 Å². The highest BCUT2D eigenvalue weighted by atomic mass is 32.2. The van der Waals surface area contributed by atoms with Gasteiger partial charge in [0.2, 0.25) is 5.91 Å². The van der Waals surface area contributed by atoms with Gasteiger partial charge in [-0.1, -0.05) is 48.2 Å². The van der Waals surface area contributed by atoms with Crippen LogP contribution in [-0.2, 0) is 11.3 Å². The number of amides is 1. The highest BCUT2D eigenvalue weighted by Crippen LogP contribution is 2.31. The highest BCUT2D eigenvalue weighted by Gasteiger charge is 2.12. The van der Waals surface area contributed by atoms with E-state index in [0.29, 0.717) is 0 Å². The largest absolute Gasteiger partial charge is 0.341 e. The average Bonchev–Trinajstić information content (AvgIpc) is 3.10. The van der Waals surface area contributed by atoms with Crippen LogP contribution >= 0.6 is 11.8 Å². The lowest BCUT2D eigenvalue weighted by molar-refractivity contribution is -0.113. The minimum Gasteiger partial charge on any atom is -0.341 e. The van der Waals surface area contributed by atoms with Crippen molar-refractivity contribution in [2.75, 3.05) is 11.1 Å². The van der Waals surface area contributed by atoms with Gasteiger partial charge in [0.1, 0.15) is 11.4 Å². The molecule has 0 radical (unpaired) electrons. The molecule has 1 amide bonds. The number of nitrogens with one attached hydrogen (secondary N) is 1. The number of fused-ring (bicyclic) bond motifs is 4. The van der Waals surface area contributed by atoms with Gasteiger partial charge in [-0.2, -0.15) is 0 Å². The van der Waals surface area contributed by atoms with Gasteiger partial charge >= 0.3 is 0 Å². The Kier molecular flexibility index (Phi) is 4.85. The number of anilines is 1. The van der Waals surface area contributed by atoms with Gasteiger partial charge in [0.25, 0.3) is 0 Å². The third-order valence-electron chi connectivity index (χ3n) is 5.22. The van der Waals surface area contributed by atoms with E-state index in [2.05, 4.69) is 63.2 Å². The molecule has 5 aromatic rings. The summed E-state index contributed by atoms with van der Waals surface area (Å²) in [5.41, 5.74) is 4.08. The summed E-state index contributed by atoms with van der Waals surface area (Å²) in [6, 6.07) is 22.3. The number of rotatable bonds is 5. The first-order valence-corrected chi connectivity index (χ1v) is 10.9. The van der Waals surface area contributed by atoms with Crippen molar-refractivity contribution in [2.24, 2.45) is 0 Å². The summed E-state index contributed by atoms with van der Waals surface area (Å²) in [5.74, 6) is 0.233. The number of hydrogen-bond donors (Lipinski definition) is 1. The van der Waals surface area contributed by atoms with Crippen molar-refractivity contribution in [1.82, 2.24) is 14.5 Å². The van der Waals surface area contributed by atoms with Crippen LogP contribution in [0.1, 0.15) is 6.92 Å². The van der Waals surface area contributed by atoms with E-state index in [1.54, 1.807) is 6.33 Å². The molecular weight excluding hydrogens is 392 g/mol. The van der Waals surface area contributed by atoms with Gasteiger partial charge in [-0.05, 0) is 37.3 Å². The highest BCUT2D eigenvalue weighted by molar-refractivity contribution is 8.00. The Balaban J connectivity index is 1.37. The fourth-order valence-corrected chi connectivity index (χ4v) is 4.69. The first kappa shape index (κ1) is 18.6. The normalized spacial score (nSPS) is 11.4. The summed E-state index contributed by atoms with van der Waals surface area (Å²) in [6.45, 7) is 3.05. The van der Waals surface area contributed by atoms with Crippen LogP contribution in [0.3, 0.4) is 0 Å². The van der Waals surface area contributed by atoms with E-state index < -0.39 is 0 Å². The molecule has 0 saturated heterocycles. The number of benzene rings is 3. The first-order valence-electron chi connectivity index (χ1n) is 9.88. The lowest BCUT2D eigenvalue weighted by Gasteiger charge is -2.07. The predicted octanol–water partition coefficient (Wildman–Crippen LogP) is 5.49. The minimum atomic E-state index is -0.0544. The molecule has 1 N–H and O–H groups in total. The molecule has 0 spiro atoms. The van der Waals surface area contributed by atoms with Gasteiger partial charge < -0.3 is 9.88 Å². The SMILES string of the molecule is CCn1c2ccccc2c2cc(NC(=O)CSc3ncnc4ccccc34)ccc21. The van der Waals surface area contributed by atoms with E-state index in [9.17, 15) is 4.79 Å². The summed E-state index contributed by atoms with van der Waals surface area (Å²) in [7, 11) is 0. The second kappa shape index (κ2) is 7.80. The Hall–Kier alpha value is -3.38. The predicted molar refractivity (Wildman–Crippen MR) is 124 cm³/mol. The van der Waals surface area contributed by atoms with Crippen LogP contribution in [-0.4, -0.2) is 26.2 Å². The van der Waals surface area contributed by atoms with Crippen LogP contribution in [0.25, 0.3) is 32.7 Å². The van der Waals surface area contributed by atoms with Crippen molar-refractivity contribution < 1.29 is 4.79 Å². The molecule has 6 heteroatoms. The summed E-state index contributed by atoms with van der Waals surface area (Å²) in [4.78, 5) is 21.2. The lowest BCUT2D eigenvalue weighted by Crippen LogP contribution is -2.14. The Morgan fingerprint density at radius 1 is 0.933 bits per heavy atom. The molecule has 0 unspecified atom stereocenters. The number of aryl methyl sites for hydroxylation is 1. The number of aromatic nitrogens is 3. The molecule has 30 heavy (non-hydrogen) atoms. The average molecular weight is 413 g/mol. The summed E-state index contributed by atoms with van der Waals surface area (Å²) in [6.07, 6.45) is 1.54. The topological polar surface area (TPSA) is 59.8 Å². The van der Waals surface area contributed by atoms with Crippen LogP contribution < -0.4 is 5.32 Å². The Morgan fingerprint density at radius 2 is 1.70 bits per heavy atom. The number of nitrogens with zero attached hydrogens (tertiary/aromatic N) is 3. The zero-order valence-corrected chi connectivity index (χ0v) is 17.3. The Labute approximate surface area is 178 Å². The van der Waals surface area contributed by atoms with Crippen molar-refractivity contribution in [3.8, 4) is 0 Å². The monoisotopic (exact) mass is 412 g/mol. The molecule has 5 nitrogen and oxygen atoms in total. The maximum atomic E-state index is 12.6. The molecule has 2 heterocycles. The van der Waals surface area contributed by atoms with Gasteiger partial charge in [0.05, 0.1) is 11.3 Å². The van der Waals surface area contributed by atoms with Crippen LogP contribution in [0.5, 0.6) is 0 Å². The molecule has 2 aromatic heterocycles. The van der Waals surface area contributed by atoms with Crippen LogP contribution in [0, 0.1) is 0 Å². The van der Waals surface area contributed by atoms with E-state index in [-0.39, 0.29) is 11.7 Å². The van der Waals surface area contributed by atoms with Gasteiger partial charge in [-0.3, -0.25) is 4.79 Å². The quantitative estimate of drug-likeness (QED) is 0.306. The maximum Gasteiger partial charge on any atom is 0.234 e. The molecule has 0 saturated carbocycles. The number of hydrogen-bond acceptors (Lipinski definition) is 4. The third-order valence-corrected chi connectivity index (χ3v) is 6.22. The molecule has 0 fully saturated rings. The molecule has 148 valence electrons. The second-order valence-electron chi connectivity index (χ2n) is 7.03. The number of carbonyl (C=O) groups is 1. The Morgan fingerprint density at radius 3 is 2.57 bits per heavy atom. The molecule has 0 atom stereocenters. The molecule has 0 bridgehead atoms. The minimum absolute atomic E-state index is 0.0544. The van der Waals surface area contributed by atoms with E-state index in [1.807, 2.05) is 30.3 Å². The van der Waals surface area contributed by atoms with Crippen LogP contribution in [0.4, 0.5) is 5.69 Å². The zero-order valence-electron chi connectivity index (χ0n) is 16.5. The van der Waals surface area contributed by atoms with Gasteiger partial charge in [0.15, 0.2) is 0 Å². The van der Waals surface area contributed by atoms with Crippen molar-refractivity contribution in [1.29, 1.82) is 0 Å². The number of carbonyl (C=O) groups excluding carboxylic acids is 1. The van der Waals surface area contributed by atoms with E-state index in [4.69, 9.17) is 0 Å². The second-order valence-corrected chi connectivity index (χ2v) is 7.99. The van der Waals surface area contributed by atoms with Crippen molar-refractivity contribution in [3.63, 3.8) is 0 Å².